The number of hydrogen-bond acceptors (Lipinski definition) is 9. The molecule has 1 N–H and O–H groups in total. The van der Waals surface area contributed by atoms with Gasteiger partial charge in [-0.05, 0) is 36.0 Å². The van der Waals surface area contributed by atoms with Crippen molar-refractivity contribution < 1.29 is 17.8 Å². The van der Waals surface area contributed by atoms with Crippen molar-refractivity contribution in [2.24, 2.45) is 9.98 Å². The molecule has 2 aliphatic rings. The van der Waals surface area contributed by atoms with Gasteiger partial charge in [-0.2, -0.15) is 0 Å². The zero-order valence-corrected chi connectivity index (χ0v) is 18.9. The number of methoxy groups -OCH3 is 2. The summed E-state index contributed by atoms with van der Waals surface area (Å²) in [5, 5.41) is 5.75. The maximum Gasteiger partial charge on any atom is 0.225 e. The van der Waals surface area contributed by atoms with Crippen LogP contribution in [0.15, 0.2) is 52.2 Å². The van der Waals surface area contributed by atoms with E-state index in [1.165, 1.54) is 10.9 Å². The second kappa shape index (κ2) is 12.2. The molecule has 0 spiro atoms. The third-order valence-corrected chi connectivity index (χ3v) is 6.83. The molecule has 3 rings (SSSR count). The fourth-order valence-corrected chi connectivity index (χ4v) is 5.14. The Morgan fingerprint density at radius 3 is 2.83 bits per heavy atom. The van der Waals surface area contributed by atoms with Crippen LogP contribution in [0.25, 0.3) is 5.31 Å². The summed E-state index contributed by atoms with van der Waals surface area (Å²) in [6.45, 7) is 1.88. The summed E-state index contributed by atoms with van der Waals surface area (Å²) in [5.74, 6) is 4.22. The lowest BCUT2D eigenvalue weighted by Gasteiger charge is -2.09. The third-order valence-electron chi connectivity index (χ3n) is 3.80. The van der Waals surface area contributed by atoms with Gasteiger partial charge in [-0.15, -0.1) is 0 Å². The van der Waals surface area contributed by atoms with Crippen LogP contribution in [0, 0.1) is 0 Å². The highest BCUT2D eigenvalue weighted by molar-refractivity contribution is 8.14. The van der Waals surface area contributed by atoms with Crippen LogP contribution in [0.3, 0.4) is 0 Å². The lowest BCUT2D eigenvalue weighted by atomic mass is 10.2. The smallest absolute Gasteiger partial charge is 0.225 e. The summed E-state index contributed by atoms with van der Waals surface area (Å²) in [6.07, 6.45) is 4.64. The molecule has 0 aliphatic carbocycles. The van der Waals surface area contributed by atoms with Crippen LogP contribution < -0.4 is 9.27 Å². The molecular weight excluding hydrogens is 429 g/mol. The van der Waals surface area contributed by atoms with E-state index in [1.807, 2.05) is 24.3 Å². The largest absolute Gasteiger partial charge is 0.481 e. The number of nitrogens with one attached hydrogen (secondary N) is 1. The van der Waals surface area contributed by atoms with E-state index >= 15 is 0 Å². The van der Waals surface area contributed by atoms with Gasteiger partial charge in [0.2, 0.25) is 18.2 Å². The summed E-state index contributed by atoms with van der Waals surface area (Å²) in [5.41, 5.74) is 1.19. The number of benzene rings is 1. The van der Waals surface area contributed by atoms with Gasteiger partial charge in [0.05, 0.1) is 26.1 Å². The van der Waals surface area contributed by atoms with Gasteiger partial charge in [0, 0.05) is 27.1 Å². The minimum absolute atomic E-state index is 0.483. The first-order chi connectivity index (χ1) is 14.3. The maximum absolute atomic E-state index is 5.52. The Bertz CT molecular complexity index is 784. The minimum atomic E-state index is -0.483. The number of hydrogen-bond donors (Lipinski definition) is 1. The van der Waals surface area contributed by atoms with Crippen LogP contribution in [-0.4, -0.2) is 50.9 Å². The molecule has 0 aromatic heterocycles. The van der Waals surface area contributed by atoms with Crippen LogP contribution in [-0.2, 0) is 13.7 Å². The summed E-state index contributed by atoms with van der Waals surface area (Å²) in [6, 6.07) is 8.02. The lowest BCUT2D eigenvalue weighted by molar-refractivity contribution is 0.176. The topological polar surface area (TPSA) is 73.7 Å². The molecule has 29 heavy (non-hydrogen) atoms. The van der Waals surface area contributed by atoms with E-state index in [0.29, 0.717) is 31.5 Å². The number of aliphatic imine (C=N–C) groups is 2. The predicted molar refractivity (Wildman–Crippen MR) is 123 cm³/mol. The number of thioether (sulfide) groups is 1. The molecule has 1 aromatic carbocycles. The van der Waals surface area contributed by atoms with Gasteiger partial charge < -0.3 is 18.7 Å². The van der Waals surface area contributed by atoms with Crippen molar-refractivity contribution in [3.05, 3.63) is 47.8 Å². The monoisotopic (exact) mass is 453 g/mol. The fraction of sp³-hybridized carbons (Fsp3) is 0.368. The molecule has 0 saturated heterocycles. The second-order valence-electron chi connectivity index (χ2n) is 5.86. The van der Waals surface area contributed by atoms with Gasteiger partial charge >= 0.3 is 0 Å². The van der Waals surface area contributed by atoms with E-state index in [-0.39, 0.29) is 0 Å². The Labute approximate surface area is 181 Å². The molecule has 2 aliphatic heterocycles. The molecule has 0 bridgehead atoms. The molecule has 1 unspecified atom stereocenters. The lowest BCUT2D eigenvalue weighted by Crippen LogP contribution is -2.12. The average molecular weight is 454 g/mol. The summed E-state index contributed by atoms with van der Waals surface area (Å²) < 4.78 is 21.0. The molecule has 0 radical (unpaired) electrons. The van der Waals surface area contributed by atoms with Crippen molar-refractivity contribution in [1.29, 1.82) is 0 Å². The Morgan fingerprint density at radius 2 is 2.03 bits per heavy atom. The number of rotatable bonds is 9. The first kappa shape index (κ1) is 22.2. The molecule has 0 fully saturated rings. The van der Waals surface area contributed by atoms with Gasteiger partial charge in [0.25, 0.3) is 0 Å². The van der Waals surface area contributed by atoms with Crippen molar-refractivity contribution in [1.82, 2.24) is 5.09 Å². The first-order valence-corrected chi connectivity index (χ1v) is 12.1. The highest BCUT2D eigenvalue weighted by Gasteiger charge is 2.27. The molecule has 1 atom stereocenters. The Morgan fingerprint density at radius 1 is 1.17 bits per heavy atom. The van der Waals surface area contributed by atoms with Crippen LogP contribution in [0.4, 0.5) is 0 Å². The normalized spacial score (nSPS) is 21.4. The molecule has 10 heteroatoms. The number of ether oxygens (including phenoxy) is 2. The standard InChI is InChI=1S/C19H24N3O4PS2/c1-23-11-4-12-25-29-26-16-8-6-15(7-9-16)17-13-27(17)22-19-20-10-3-5-18(24-2)21-14-28-19/h3,5-9,13H,4,10-12,14H2,1-2H3,(H,20,22)/b5-3-,21-18+. The zero-order chi connectivity index (χ0) is 20.3. The third kappa shape index (κ3) is 7.68. The highest BCUT2D eigenvalue weighted by atomic mass is 32.2. The molecule has 156 valence electrons. The SMILES string of the molecule is COCCCOSOc1ccc(C2=CP2NC2=NC/C=C\C(OC)=N/CS2)cc1. The van der Waals surface area contributed by atoms with Crippen molar-refractivity contribution in [3.63, 3.8) is 0 Å². The molecule has 0 saturated carbocycles. The zero-order valence-electron chi connectivity index (χ0n) is 16.4. The van der Waals surface area contributed by atoms with Gasteiger partial charge in [0.1, 0.15) is 5.75 Å². The fourth-order valence-electron chi connectivity index (χ4n) is 2.29. The van der Waals surface area contributed by atoms with Crippen molar-refractivity contribution >= 4 is 48.5 Å². The van der Waals surface area contributed by atoms with Gasteiger partial charge in [-0.1, -0.05) is 30.0 Å². The maximum atomic E-state index is 5.52. The summed E-state index contributed by atoms with van der Waals surface area (Å²) >= 11 is 2.58. The van der Waals surface area contributed by atoms with E-state index in [1.54, 1.807) is 26.0 Å². The van der Waals surface area contributed by atoms with Gasteiger partial charge in [-0.3, -0.25) is 9.18 Å². The molecular formula is C19H24N3O4PS2. The van der Waals surface area contributed by atoms with Crippen LogP contribution in [0.1, 0.15) is 12.0 Å². The van der Waals surface area contributed by atoms with Gasteiger partial charge in [0.15, 0.2) is 5.17 Å². The summed E-state index contributed by atoms with van der Waals surface area (Å²) in [4.78, 5) is 8.97. The highest BCUT2D eigenvalue weighted by Crippen LogP contribution is 2.64. The van der Waals surface area contributed by atoms with E-state index in [2.05, 4.69) is 33.0 Å². The van der Waals surface area contributed by atoms with Crippen molar-refractivity contribution in [2.45, 2.75) is 6.42 Å². The van der Waals surface area contributed by atoms with Crippen molar-refractivity contribution in [2.75, 3.05) is 39.9 Å². The predicted octanol–water partition coefficient (Wildman–Crippen LogP) is 4.64. The van der Waals surface area contributed by atoms with Crippen LogP contribution >= 0.6 is 32.2 Å². The number of amidine groups is 1. The van der Waals surface area contributed by atoms with E-state index in [0.717, 1.165) is 29.7 Å². The molecule has 1 aromatic rings. The van der Waals surface area contributed by atoms with Crippen molar-refractivity contribution in [3.8, 4) is 5.75 Å². The van der Waals surface area contributed by atoms with E-state index in [9.17, 15) is 0 Å². The Hall–Kier alpha value is -1.51. The van der Waals surface area contributed by atoms with E-state index < -0.39 is 8.07 Å². The number of nitrogens with zero attached hydrogens (tertiary/aromatic N) is 2. The Kier molecular flexibility index (Phi) is 9.37. The first-order valence-electron chi connectivity index (χ1n) is 9.05. The molecule has 0 amide bonds. The molecule has 7 nitrogen and oxygen atoms in total. The Balaban J connectivity index is 1.41. The second-order valence-corrected chi connectivity index (χ2v) is 9.04. The van der Waals surface area contributed by atoms with Crippen LogP contribution in [0.5, 0.6) is 5.75 Å². The summed E-state index contributed by atoms with van der Waals surface area (Å²) in [7, 11) is 2.82. The minimum Gasteiger partial charge on any atom is -0.481 e. The molecule has 2 heterocycles. The van der Waals surface area contributed by atoms with E-state index in [4.69, 9.17) is 17.8 Å². The van der Waals surface area contributed by atoms with Gasteiger partial charge in [-0.25, -0.2) is 4.99 Å². The van der Waals surface area contributed by atoms with Crippen LogP contribution in [0.2, 0.25) is 0 Å². The quantitative estimate of drug-likeness (QED) is 0.332. The average Bonchev–Trinajstić information content (AvgIpc) is 3.49.